The van der Waals surface area contributed by atoms with E-state index < -0.39 is 10.0 Å². The third-order valence-electron chi connectivity index (χ3n) is 4.39. The van der Waals surface area contributed by atoms with Gasteiger partial charge in [0.25, 0.3) is 0 Å². The van der Waals surface area contributed by atoms with E-state index in [-0.39, 0.29) is 22.6 Å². The third kappa shape index (κ3) is 5.08. The lowest BCUT2D eigenvalue weighted by Gasteiger charge is -2.14. The minimum Gasteiger partial charge on any atom is -0.497 e. The second-order valence-corrected chi connectivity index (χ2v) is 8.50. The molecule has 0 amide bonds. The van der Waals surface area contributed by atoms with Gasteiger partial charge in [-0.15, -0.1) is 0 Å². The van der Waals surface area contributed by atoms with Crippen LogP contribution in [0.2, 0.25) is 5.02 Å². The van der Waals surface area contributed by atoms with Crippen LogP contribution in [-0.4, -0.2) is 41.9 Å². The van der Waals surface area contributed by atoms with Gasteiger partial charge < -0.3 is 19.5 Å². The van der Waals surface area contributed by atoms with Gasteiger partial charge >= 0.3 is 0 Å². The molecule has 9 heteroatoms. The summed E-state index contributed by atoms with van der Waals surface area (Å²) in [6, 6.07) is 10.0. The fourth-order valence-electron chi connectivity index (χ4n) is 2.93. The summed E-state index contributed by atoms with van der Waals surface area (Å²) in [6.07, 6.45) is 1.71. The summed E-state index contributed by atoms with van der Waals surface area (Å²) in [5.74, 6) is 1.26. The van der Waals surface area contributed by atoms with Crippen molar-refractivity contribution in [2.45, 2.75) is 23.8 Å². The first-order chi connectivity index (χ1) is 13.4. The first kappa shape index (κ1) is 20.7. The summed E-state index contributed by atoms with van der Waals surface area (Å²) in [7, 11) is -0.583. The number of hydrogen-bond acceptors (Lipinski definition) is 6. The van der Waals surface area contributed by atoms with E-state index in [0.29, 0.717) is 23.8 Å². The van der Waals surface area contributed by atoms with E-state index >= 15 is 0 Å². The van der Waals surface area contributed by atoms with Gasteiger partial charge in [-0.1, -0.05) is 11.6 Å². The minimum absolute atomic E-state index is 0.0286. The van der Waals surface area contributed by atoms with Crippen LogP contribution in [0.15, 0.2) is 41.3 Å². The SMILES string of the molecule is COc1cc(Nc2ccc(S(=O)(=O)NCC3CCCO3)c(Cl)c2)cc(OC)c1. The smallest absolute Gasteiger partial charge is 0.242 e. The van der Waals surface area contributed by atoms with Crippen LogP contribution in [0.3, 0.4) is 0 Å². The zero-order valence-corrected chi connectivity index (χ0v) is 17.3. The molecule has 0 aromatic heterocycles. The van der Waals surface area contributed by atoms with Crippen molar-refractivity contribution < 1.29 is 22.6 Å². The lowest BCUT2D eigenvalue weighted by Crippen LogP contribution is -2.32. The molecule has 0 aliphatic carbocycles. The van der Waals surface area contributed by atoms with Gasteiger partial charge in [-0.2, -0.15) is 0 Å². The van der Waals surface area contributed by atoms with E-state index in [9.17, 15) is 8.42 Å². The molecule has 1 saturated heterocycles. The largest absolute Gasteiger partial charge is 0.497 e. The van der Waals surface area contributed by atoms with E-state index in [1.165, 1.54) is 6.07 Å². The van der Waals surface area contributed by atoms with Crippen LogP contribution in [0.5, 0.6) is 11.5 Å². The Morgan fingerprint density at radius 1 is 1.11 bits per heavy atom. The number of methoxy groups -OCH3 is 2. The average Bonchev–Trinajstić information content (AvgIpc) is 3.19. The second-order valence-electron chi connectivity index (χ2n) is 6.36. The maximum atomic E-state index is 12.5. The number of ether oxygens (including phenoxy) is 3. The van der Waals surface area contributed by atoms with Gasteiger partial charge in [0.1, 0.15) is 16.4 Å². The molecule has 3 rings (SSSR count). The highest BCUT2D eigenvalue weighted by Gasteiger charge is 2.22. The highest BCUT2D eigenvalue weighted by molar-refractivity contribution is 7.89. The molecule has 2 N–H and O–H groups in total. The number of sulfonamides is 1. The normalized spacial score (nSPS) is 16.8. The summed E-state index contributed by atoms with van der Waals surface area (Å²) >= 11 is 6.25. The highest BCUT2D eigenvalue weighted by Crippen LogP contribution is 2.30. The number of anilines is 2. The summed E-state index contributed by atoms with van der Waals surface area (Å²) in [6.45, 7) is 0.908. The molecule has 1 aliphatic rings. The summed E-state index contributed by atoms with van der Waals surface area (Å²) in [5.41, 5.74) is 1.36. The van der Waals surface area contributed by atoms with E-state index in [1.807, 2.05) is 0 Å². The lowest BCUT2D eigenvalue weighted by molar-refractivity contribution is 0.114. The van der Waals surface area contributed by atoms with E-state index in [2.05, 4.69) is 10.0 Å². The Balaban J connectivity index is 1.74. The molecule has 0 bridgehead atoms. The van der Waals surface area contributed by atoms with Gasteiger partial charge in [0.05, 0.1) is 25.3 Å². The van der Waals surface area contributed by atoms with Gasteiger partial charge in [-0.05, 0) is 31.0 Å². The molecule has 0 spiro atoms. The summed E-state index contributed by atoms with van der Waals surface area (Å²) < 4.78 is 43.6. The van der Waals surface area contributed by atoms with Crippen molar-refractivity contribution in [3.8, 4) is 11.5 Å². The van der Waals surface area contributed by atoms with Crippen LogP contribution in [0.4, 0.5) is 11.4 Å². The molecule has 1 aliphatic heterocycles. The van der Waals surface area contributed by atoms with Crippen molar-refractivity contribution in [2.24, 2.45) is 0 Å². The Hall–Kier alpha value is -2.00. The van der Waals surface area contributed by atoms with Crippen LogP contribution >= 0.6 is 11.6 Å². The molecule has 152 valence electrons. The molecular formula is C19H23ClN2O5S. The van der Waals surface area contributed by atoms with Crippen molar-refractivity contribution in [3.05, 3.63) is 41.4 Å². The fourth-order valence-corrected chi connectivity index (χ4v) is 4.54. The molecule has 1 fully saturated rings. The molecule has 2 aromatic carbocycles. The Morgan fingerprint density at radius 3 is 2.39 bits per heavy atom. The molecule has 0 radical (unpaired) electrons. The highest BCUT2D eigenvalue weighted by atomic mass is 35.5. The summed E-state index contributed by atoms with van der Waals surface area (Å²) in [5, 5.41) is 3.29. The minimum atomic E-state index is -3.72. The molecule has 1 heterocycles. The Morgan fingerprint density at radius 2 is 1.82 bits per heavy atom. The molecule has 28 heavy (non-hydrogen) atoms. The number of rotatable bonds is 8. The van der Waals surface area contributed by atoms with Gasteiger partial charge in [0, 0.05) is 42.7 Å². The molecule has 1 unspecified atom stereocenters. The third-order valence-corrected chi connectivity index (χ3v) is 6.29. The number of nitrogens with one attached hydrogen (secondary N) is 2. The van der Waals surface area contributed by atoms with E-state index in [4.69, 9.17) is 25.8 Å². The van der Waals surface area contributed by atoms with Crippen LogP contribution in [0.25, 0.3) is 0 Å². The number of benzene rings is 2. The predicted molar refractivity (Wildman–Crippen MR) is 108 cm³/mol. The average molecular weight is 427 g/mol. The van der Waals surface area contributed by atoms with Crippen LogP contribution < -0.4 is 19.5 Å². The molecule has 0 saturated carbocycles. The number of hydrogen-bond donors (Lipinski definition) is 2. The zero-order valence-electron chi connectivity index (χ0n) is 15.7. The number of halogens is 1. The second kappa shape index (κ2) is 9.00. The van der Waals surface area contributed by atoms with E-state index in [1.54, 1.807) is 44.6 Å². The van der Waals surface area contributed by atoms with Crippen molar-refractivity contribution in [1.29, 1.82) is 0 Å². The van der Waals surface area contributed by atoms with Crippen molar-refractivity contribution >= 4 is 33.0 Å². The van der Waals surface area contributed by atoms with Gasteiger partial charge in [0.15, 0.2) is 0 Å². The summed E-state index contributed by atoms with van der Waals surface area (Å²) in [4.78, 5) is 0.0286. The molecular weight excluding hydrogens is 404 g/mol. The van der Waals surface area contributed by atoms with Crippen molar-refractivity contribution in [3.63, 3.8) is 0 Å². The first-order valence-electron chi connectivity index (χ1n) is 8.82. The quantitative estimate of drug-likeness (QED) is 0.671. The predicted octanol–water partition coefficient (Wildman–Crippen LogP) is 3.56. The molecule has 1 atom stereocenters. The maximum Gasteiger partial charge on any atom is 0.242 e. The Kier molecular flexibility index (Phi) is 6.66. The topological polar surface area (TPSA) is 85.9 Å². The van der Waals surface area contributed by atoms with Crippen LogP contribution in [0.1, 0.15) is 12.8 Å². The first-order valence-corrected chi connectivity index (χ1v) is 10.7. The zero-order chi connectivity index (χ0) is 20.1. The van der Waals surface area contributed by atoms with Crippen molar-refractivity contribution in [1.82, 2.24) is 4.72 Å². The van der Waals surface area contributed by atoms with Gasteiger partial charge in [-0.25, -0.2) is 13.1 Å². The Bertz CT molecular complexity index is 908. The maximum absolute atomic E-state index is 12.5. The van der Waals surface area contributed by atoms with Gasteiger partial charge in [0.2, 0.25) is 10.0 Å². The monoisotopic (exact) mass is 426 g/mol. The van der Waals surface area contributed by atoms with E-state index in [0.717, 1.165) is 18.5 Å². The molecule has 7 nitrogen and oxygen atoms in total. The molecule has 2 aromatic rings. The standard InChI is InChI=1S/C19H23ClN2O5S/c1-25-16-8-14(9-17(11-16)26-2)22-13-5-6-19(18(20)10-13)28(23,24)21-12-15-4-3-7-27-15/h5-6,8-11,15,21-22H,3-4,7,12H2,1-2H3. The van der Waals surface area contributed by atoms with Gasteiger partial charge in [-0.3, -0.25) is 0 Å². The van der Waals surface area contributed by atoms with Crippen LogP contribution in [0, 0.1) is 0 Å². The van der Waals surface area contributed by atoms with Crippen molar-refractivity contribution in [2.75, 3.05) is 32.7 Å². The lowest BCUT2D eigenvalue weighted by atomic mass is 10.2. The fraction of sp³-hybridized carbons (Fsp3) is 0.368. The van der Waals surface area contributed by atoms with Crippen LogP contribution in [-0.2, 0) is 14.8 Å². The Labute approximate surface area is 170 Å².